The molecule has 0 unspecified atom stereocenters. The zero-order valence-electron chi connectivity index (χ0n) is 11.3. The largest absolute Gasteiger partial charge is 0.325 e. The van der Waals surface area contributed by atoms with Crippen molar-refractivity contribution in [1.29, 1.82) is 0 Å². The fraction of sp³-hybridized carbons (Fsp3) is 0.231. The van der Waals surface area contributed by atoms with Gasteiger partial charge in [0.25, 0.3) is 0 Å². The molecule has 1 aromatic carbocycles. The molecule has 110 valence electrons. The molecule has 1 aromatic heterocycles. The SMILES string of the molecule is Cc1cccc(NC(=O)CSCC(=O)Nc2nncs2)c1. The van der Waals surface area contributed by atoms with E-state index in [4.69, 9.17) is 0 Å². The molecular formula is C13H14N4O2S2. The molecule has 2 rings (SSSR count). The minimum Gasteiger partial charge on any atom is -0.325 e. The highest BCUT2D eigenvalue weighted by Crippen LogP contribution is 2.11. The van der Waals surface area contributed by atoms with E-state index in [1.165, 1.54) is 28.6 Å². The van der Waals surface area contributed by atoms with Gasteiger partial charge in [0, 0.05) is 5.69 Å². The van der Waals surface area contributed by atoms with E-state index in [2.05, 4.69) is 20.8 Å². The molecule has 0 aliphatic rings. The molecule has 8 heteroatoms. The zero-order valence-corrected chi connectivity index (χ0v) is 13.0. The molecular weight excluding hydrogens is 308 g/mol. The van der Waals surface area contributed by atoms with Crippen LogP contribution in [-0.2, 0) is 9.59 Å². The Kier molecular flexibility index (Phi) is 5.70. The van der Waals surface area contributed by atoms with Crippen LogP contribution in [0.15, 0.2) is 29.8 Å². The van der Waals surface area contributed by atoms with Crippen LogP contribution in [0.3, 0.4) is 0 Å². The Labute approximate surface area is 130 Å². The van der Waals surface area contributed by atoms with Crippen LogP contribution < -0.4 is 10.6 Å². The lowest BCUT2D eigenvalue weighted by atomic mass is 10.2. The normalized spacial score (nSPS) is 10.1. The van der Waals surface area contributed by atoms with Crippen molar-refractivity contribution in [3.05, 3.63) is 35.3 Å². The summed E-state index contributed by atoms with van der Waals surface area (Å²) in [5.74, 6) is 0.0904. The Morgan fingerprint density at radius 3 is 2.67 bits per heavy atom. The maximum atomic E-state index is 11.7. The molecule has 0 aliphatic carbocycles. The fourth-order valence-corrected chi connectivity index (χ4v) is 2.62. The number of nitrogens with zero attached hydrogens (tertiary/aromatic N) is 2. The lowest BCUT2D eigenvalue weighted by Crippen LogP contribution is -2.18. The van der Waals surface area contributed by atoms with E-state index in [9.17, 15) is 9.59 Å². The summed E-state index contributed by atoms with van der Waals surface area (Å²) in [7, 11) is 0. The van der Waals surface area contributed by atoms with E-state index in [1.54, 1.807) is 0 Å². The lowest BCUT2D eigenvalue weighted by molar-refractivity contribution is -0.114. The number of hydrogen-bond donors (Lipinski definition) is 2. The molecule has 6 nitrogen and oxygen atoms in total. The van der Waals surface area contributed by atoms with Gasteiger partial charge in [-0.1, -0.05) is 23.5 Å². The smallest absolute Gasteiger partial charge is 0.236 e. The predicted molar refractivity (Wildman–Crippen MR) is 85.7 cm³/mol. The summed E-state index contributed by atoms with van der Waals surface area (Å²) in [5, 5.41) is 13.2. The number of rotatable bonds is 6. The number of anilines is 2. The van der Waals surface area contributed by atoms with Crippen molar-refractivity contribution in [3.63, 3.8) is 0 Å². The first-order chi connectivity index (χ1) is 10.1. The number of carbonyl (C=O) groups is 2. The van der Waals surface area contributed by atoms with Gasteiger partial charge >= 0.3 is 0 Å². The molecule has 0 radical (unpaired) electrons. The van der Waals surface area contributed by atoms with Gasteiger partial charge in [-0.05, 0) is 24.6 Å². The third-order valence-electron chi connectivity index (χ3n) is 2.37. The number of nitrogens with one attached hydrogen (secondary N) is 2. The number of aryl methyl sites for hydroxylation is 1. The number of aromatic nitrogens is 2. The highest BCUT2D eigenvalue weighted by molar-refractivity contribution is 8.00. The molecule has 21 heavy (non-hydrogen) atoms. The summed E-state index contributed by atoms with van der Waals surface area (Å²) in [4.78, 5) is 23.3. The van der Waals surface area contributed by atoms with Gasteiger partial charge in [0.15, 0.2) is 0 Å². The molecule has 0 bridgehead atoms. The van der Waals surface area contributed by atoms with Gasteiger partial charge in [-0.2, -0.15) is 0 Å². The zero-order chi connectivity index (χ0) is 15.1. The predicted octanol–water partition coefficient (Wildman–Crippen LogP) is 2.16. The summed E-state index contributed by atoms with van der Waals surface area (Å²) in [6, 6.07) is 7.57. The molecule has 0 aliphatic heterocycles. The van der Waals surface area contributed by atoms with E-state index < -0.39 is 0 Å². The van der Waals surface area contributed by atoms with Crippen molar-refractivity contribution in [1.82, 2.24) is 10.2 Å². The highest BCUT2D eigenvalue weighted by Gasteiger charge is 2.07. The third kappa shape index (κ3) is 5.52. The number of benzene rings is 1. The summed E-state index contributed by atoms with van der Waals surface area (Å²) in [6.07, 6.45) is 0. The third-order valence-corrected chi connectivity index (χ3v) is 3.91. The van der Waals surface area contributed by atoms with Crippen molar-refractivity contribution in [2.24, 2.45) is 0 Å². The molecule has 2 aromatic rings. The molecule has 0 saturated heterocycles. The summed E-state index contributed by atoms with van der Waals surface area (Å²) in [5.41, 5.74) is 3.38. The van der Waals surface area contributed by atoms with Gasteiger partial charge in [0.05, 0.1) is 11.5 Å². The average Bonchev–Trinajstić information content (AvgIpc) is 2.91. The maximum absolute atomic E-state index is 11.7. The molecule has 0 atom stereocenters. The second-order valence-corrected chi connectivity index (χ2v) is 6.02. The van der Waals surface area contributed by atoms with Crippen molar-refractivity contribution >= 4 is 45.7 Å². The first-order valence-corrected chi connectivity index (χ1v) is 8.17. The van der Waals surface area contributed by atoms with Gasteiger partial charge < -0.3 is 5.32 Å². The van der Waals surface area contributed by atoms with Crippen molar-refractivity contribution in [2.45, 2.75) is 6.92 Å². The topological polar surface area (TPSA) is 84.0 Å². The Morgan fingerprint density at radius 2 is 2.00 bits per heavy atom. The van der Waals surface area contributed by atoms with Crippen LogP contribution in [0.25, 0.3) is 0 Å². The molecule has 0 spiro atoms. The fourth-order valence-electron chi connectivity index (χ4n) is 1.54. The van der Waals surface area contributed by atoms with E-state index in [0.717, 1.165) is 11.3 Å². The van der Waals surface area contributed by atoms with E-state index in [0.29, 0.717) is 5.13 Å². The first kappa shape index (κ1) is 15.5. The lowest BCUT2D eigenvalue weighted by Gasteiger charge is -2.05. The van der Waals surface area contributed by atoms with Crippen molar-refractivity contribution in [3.8, 4) is 0 Å². The Balaban J connectivity index is 1.68. The van der Waals surface area contributed by atoms with Gasteiger partial charge in [0.2, 0.25) is 16.9 Å². The van der Waals surface area contributed by atoms with Crippen LogP contribution in [0.1, 0.15) is 5.56 Å². The van der Waals surface area contributed by atoms with Crippen LogP contribution in [-0.4, -0.2) is 33.5 Å². The van der Waals surface area contributed by atoms with Crippen molar-refractivity contribution < 1.29 is 9.59 Å². The van der Waals surface area contributed by atoms with Crippen LogP contribution in [0.4, 0.5) is 10.8 Å². The number of amides is 2. The Morgan fingerprint density at radius 1 is 1.24 bits per heavy atom. The Bertz CT molecular complexity index is 616. The van der Waals surface area contributed by atoms with E-state index >= 15 is 0 Å². The van der Waals surface area contributed by atoms with E-state index in [1.807, 2.05) is 31.2 Å². The minimum atomic E-state index is -0.194. The number of hydrogen-bond acceptors (Lipinski definition) is 6. The van der Waals surface area contributed by atoms with Crippen LogP contribution in [0.2, 0.25) is 0 Å². The van der Waals surface area contributed by atoms with Crippen LogP contribution in [0.5, 0.6) is 0 Å². The molecule has 0 fully saturated rings. The quantitative estimate of drug-likeness (QED) is 0.851. The minimum absolute atomic E-state index is 0.130. The number of carbonyl (C=O) groups excluding carboxylic acids is 2. The maximum Gasteiger partial charge on any atom is 0.236 e. The Hall–Kier alpha value is -1.93. The average molecular weight is 322 g/mol. The number of thioether (sulfide) groups is 1. The van der Waals surface area contributed by atoms with Gasteiger partial charge in [0.1, 0.15) is 5.51 Å². The van der Waals surface area contributed by atoms with Crippen molar-refractivity contribution in [2.75, 3.05) is 22.1 Å². The van der Waals surface area contributed by atoms with Crippen LogP contribution in [0, 0.1) is 6.92 Å². The van der Waals surface area contributed by atoms with Gasteiger partial charge in [-0.25, -0.2) is 0 Å². The van der Waals surface area contributed by atoms with Crippen LogP contribution >= 0.6 is 23.1 Å². The summed E-state index contributed by atoms with van der Waals surface area (Å²) in [6.45, 7) is 1.96. The van der Waals surface area contributed by atoms with E-state index in [-0.39, 0.29) is 23.3 Å². The standard InChI is InChI=1S/C13H14N4O2S2/c1-9-3-2-4-10(5-9)15-11(18)6-20-7-12(19)16-13-17-14-8-21-13/h2-5,8H,6-7H2,1H3,(H,15,18)(H,16,17,19). The molecule has 0 saturated carbocycles. The van der Waals surface area contributed by atoms with Gasteiger partial charge in [-0.15, -0.1) is 22.0 Å². The van der Waals surface area contributed by atoms with Gasteiger partial charge in [-0.3, -0.25) is 14.9 Å². The summed E-state index contributed by atoms with van der Waals surface area (Å²) < 4.78 is 0. The molecule has 2 N–H and O–H groups in total. The highest BCUT2D eigenvalue weighted by atomic mass is 32.2. The monoisotopic (exact) mass is 322 g/mol. The first-order valence-electron chi connectivity index (χ1n) is 6.14. The molecule has 1 heterocycles. The second kappa shape index (κ2) is 7.75. The second-order valence-electron chi connectivity index (χ2n) is 4.20. The summed E-state index contributed by atoms with van der Waals surface area (Å²) >= 11 is 2.50. The molecule has 2 amide bonds.